The van der Waals surface area contributed by atoms with Crippen LogP contribution in [0, 0.1) is 5.41 Å². The molecule has 2 N–H and O–H groups in total. The zero-order valence-corrected chi connectivity index (χ0v) is 12.1. The molecule has 0 spiro atoms. The Bertz CT molecular complexity index is 421. The summed E-state index contributed by atoms with van der Waals surface area (Å²) in [5.41, 5.74) is 0.0981. The number of aliphatic hydroxyl groups is 1. The van der Waals surface area contributed by atoms with E-state index in [0.29, 0.717) is 17.1 Å². The number of aliphatic hydroxyl groups excluding tert-OH is 1. The molecule has 5 heteroatoms. The second-order valence-corrected chi connectivity index (χ2v) is 5.95. The number of halogens is 2. The molecule has 0 bridgehead atoms. The highest BCUT2D eigenvalue weighted by molar-refractivity contribution is 9.10. The van der Waals surface area contributed by atoms with Crippen LogP contribution in [-0.4, -0.2) is 24.2 Å². The van der Waals surface area contributed by atoms with Crippen LogP contribution in [0.1, 0.15) is 24.2 Å². The van der Waals surface area contributed by atoms with Gasteiger partial charge in [-0.05, 0) is 18.2 Å². The molecule has 17 heavy (non-hydrogen) atoms. The highest BCUT2D eigenvalue weighted by Crippen LogP contribution is 2.21. The molecule has 0 saturated carbocycles. The van der Waals surface area contributed by atoms with E-state index in [1.54, 1.807) is 18.2 Å². The quantitative estimate of drug-likeness (QED) is 0.896. The maximum absolute atomic E-state index is 11.8. The molecular weight excluding hydrogens is 305 g/mol. The van der Waals surface area contributed by atoms with Crippen molar-refractivity contribution in [1.82, 2.24) is 5.32 Å². The van der Waals surface area contributed by atoms with Crippen molar-refractivity contribution in [2.24, 2.45) is 5.41 Å². The fourth-order valence-electron chi connectivity index (χ4n) is 1.14. The Morgan fingerprint density at radius 1 is 1.53 bits per heavy atom. The van der Waals surface area contributed by atoms with Gasteiger partial charge < -0.3 is 10.4 Å². The number of hydrogen-bond acceptors (Lipinski definition) is 2. The molecule has 1 aromatic carbocycles. The van der Waals surface area contributed by atoms with Crippen LogP contribution in [0.25, 0.3) is 0 Å². The number of benzene rings is 1. The molecule has 0 unspecified atom stereocenters. The first-order chi connectivity index (χ1) is 7.85. The molecule has 0 atom stereocenters. The third-order valence-corrected chi connectivity index (χ3v) is 3.14. The maximum Gasteiger partial charge on any atom is 0.252 e. The number of hydrogen-bond donors (Lipinski definition) is 2. The highest BCUT2D eigenvalue weighted by atomic mass is 79.9. The molecule has 0 aliphatic rings. The summed E-state index contributed by atoms with van der Waals surface area (Å²) in [5.74, 6) is -0.232. The summed E-state index contributed by atoms with van der Waals surface area (Å²) in [6.45, 7) is 4.16. The summed E-state index contributed by atoms with van der Waals surface area (Å²) in [6, 6.07) is 5.10. The predicted molar refractivity (Wildman–Crippen MR) is 72.4 cm³/mol. The molecule has 0 aromatic heterocycles. The van der Waals surface area contributed by atoms with Gasteiger partial charge in [0, 0.05) is 23.0 Å². The van der Waals surface area contributed by atoms with E-state index in [-0.39, 0.29) is 17.9 Å². The first-order valence-corrected chi connectivity index (χ1v) is 6.37. The zero-order chi connectivity index (χ0) is 13.1. The van der Waals surface area contributed by atoms with E-state index < -0.39 is 0 Å². The van der Waals surface area contributed by atoms with Crippen molar-refractivity contribution in [2.45, 2.75) is 13.8 Å². The summed E-state index contributed by atoms with van der Waals surface area (Å²) in [4.78, 5) is 11.8. The Morgan fingerprint density at radius 3 is 2.71 bits per heavy atom. The lowest BCUT2D eigenvalue weighted by Crippen LogP contribution is -2.36. The Morgan fingerprint density at radius 2 is 2.18 bits per heavy atom. The lowest BCUT2D eigenvalue weighted by molar-refractivity contribution is 0.0911. The van der Waals surface area contributed by atoms with Crippen LogP contribution in [0.15, 0.2) is 22.7 Å². The smallest absolute Gasteiger partial charge is 0.252 e. The first-order valence-electron chi connectivity index (χ1n) is 5.20. The summed E-state index contributed by atoms with van der Waals surface area (Å²) < 4.78 is 0.828. The molecule has 0 radical (unpaired) electrons. The molecule has 0 aliphatic carbocycles. The van der Waals surface area contributed by atoms with E-state index in [0.717, 1.165) is 4.47 Å². The molecule has 0 fully saturated rings. The minimum atomic E-state index is -0.336. The summed E-state index contributed by atoms with van der Waals surface area (Å²) >= 11 is 9.25. The minimum Gasteiger partial charge on any atom is -0.396 e. The third kappa shape index (κ3) is 4.30. The number of amides is 1. The maximum atomic E-state index is 11.8. The van der Waals surface area contributed by atoms with Crippen LogP contribution >= 0.6 is 27.5 Å². The van der Waals surface area contributed by atoms with Gasteiger partial charge >= 0.3 is 0 Å². The number of carbonyl (C=O) groups excluding carboxylic acids is 1. The molecule has 0 heterocycles. The third-order valence-electron chi connectivity index (χ3n) is 2.33. The average molecular weight is 321 g/mol. The van der Waals surface area contributed by atoms with Crippen molar-refractivity contribution in [3.63, 3.8) is 0 Å². The molecular formula is C12H15BrClNO2. The second kappa shape index (κ2) is 5.85. The van der Waals surface area contributed by atoms with Gasteiger partial charge in [-0.25, -0.2) is 0 Å². The molecule has 94 valence electrons. The van der Waals surface area contributed by atoms with E-state index in [2.05, 4.69) is 21.2 Å². The number of rotatable bonds is 4. The van der Waals surface area contributed by atoms with Gasteiger partial charge in [0.05, 0.1) is 10.6 Å². The van der Waals surface area contributed by atoms with Crippen molar-refractivity contribution in [3.05, 3.63) is 33.3 Å². The lowest BCUT2D eigenvalue weighted by atomic mass is 9.95. The van der Waals surface area contributed by atoms with Crippen LogP contribution in [0.3, 0.4) is 0 Å². The standard InChI is InChI=1S/C12H15BrClNO2/c1-12(2,7-16)6-15-11(17)9-4-3-8(13)5-10(9)14/h3-5,16H,6-7H2,1-2H3,(H,15,17). The Kier molecular flexibility index (Phi) is 4.98. The van der Waals surface area contributed by atoms with Gasteiger partial charge in [0.1, 0.15) is 0 Å². The fraction of sp³-hybridized carbons (Fsp3) is 0.417. The molecule has 1 rings (SSSR count). The van der Waals surface area contributed by atoms with E-state index in [1.165, 1.54) is 0 Å². The predicted octanol–water partition coefficient (Wildman–Crippen LogP) is 2.85. The molecule has 1 amide bonds. The van der Waals surface area contributed by atoms with Crippen LogP contribution < -0.4 is 5.32 Å². The van der Waals surface area contributed by atoms with Crippen LogP contribution in [-0.2, 0) is 0 Å². The van der Waals surface area contributed by atoms with Gasteiger partial charge in [-0.3, -0.25) is 4.79 Å². The van der Waals surface area contributed by atoms with Gasteiger partial charge in [0.2, 0.25) is 0 Å². The zero-order valence-electron chi connectivity index (χ0n) is 9.76. The lowest BCUT2D eigenvalue weighted by Gasteiger charge is -2.21. The summed E-state index contributed by atoms with van der Waals surface area (Å²) in [7, 11) is 0. The Hall–Kier alpha value is -0.580. The normalized spacial score (nSPS) is 11.4. The molecule has 0 saturated heterocycles. The average Bonchev–Trinajstić information content (AvgIpc) is 2.26. The van der Waals surface area contributed by atoms with Crippen LogP contribution in [0.5, 0.6) is 0 Å². The number of carbonyl (C=O) groups is 1. The van der Waals surface area contributed by atoms with Gasteiger partial charge in [-0.1, -0.05) is 41.4 Å². The van der Waals surface area contributed by atoms with Crippen molar-refractivity contribution < 1.29 is 9.90 Å². The largest absolute Gasteiger partial charge is 0.396 e. The SMILES string of the molecule is CC(C)(CO)CNC(=O)c1ccc(Br)cc1Cl. The van der Waals surface area contributed by atoms with Crippen LogP contribution in [0.4, 0.5) is 0 Å². The van der Waals surface area contributed by atoms with Gasteiger partial charge in [0.25, 0.3) is 5.91 Å². The van der Waals surface area contributed by atoms with E-state index >= 15 is 0 Å². The van der Waals surface area contributed by atoms with E-state index in [4.69, 9.17) is 16.7 Å². The van der Waals surface area contributed by atoms with Crippen LogP contribution in [0.2, 0.25) is 5.02 Å². The first kappa shape index (κ1) is 14.5. The van der Waals surface area contributed by atoms with Gasteiger partial charge in [-0.15, -0.1) is 0 Å². The Labute approximate surface area is 114 Å². The highest BCUT2D eigenvalue weighted by Gasteiger charge is 2.18. The van der Waals surface area contributed by atoms with E-state index in [9.17, 15) is 4.79 Å². The molecule has 0 aliphatic heterocycles. The topological polar surface area (TPSA) is 49.3 Å². The van der Waals surface area contributed by atoms with Crippen molar-refractivity contribution >= 4 is 33.4 Å². The Balaban J connectivity index is 2.71. The fourth-order valence-corrected chi connectivity index (χ4v) is 1.90. The summed E-state index contributed by atoms with van der Waals surface area (Å²) in [6.07, 6.45) is 0. The second-order valence-electron chi connectivity index (χ2n) is 4.63. The minimum absolute atomic E-state index is 0.0152. The number of nitrogens with one attached hydrogen (secondary N) is 1. The van der Waals surface area contributed by atoms with Gasteiger partial charge in [0.15, 0.2) is 0 Å². The monoisotopic (exact) mass is 319 g/mol. The molecule has 1 aromatic rings. The van der Waals surface area contributed by atoms with Crippen molar-refractivity contribution in [1.29, 1.82) is 0 Å². The summed E-state index contributed by atoms with van der Waals surface area (Å²) in [5, 5.41) is 12.2. The van der Waals surface area contributed by atoms with E-state index in [1.807, 2.05) is 13.8 Å². The van der Waals surface area contributed by atoms with Gasteiger partial charge in [-0.2, -0.15) is 0 Å². The van der Waals surface area contributed by atoms with Crippen molar-refractivity contribution in [3.8, 4) is 0 Å². The van der Waals surface area contributed by atoms with Crippen molar-refractivity contribution in [2.75, 3.05) is 13.2 Å². The molecule has 3 nitrogen and oxygen atoms in total.